The molecule has 0 bridgehead atoms. The van der Waals surface area contributed by atoms with Gasteiger partial charge in [-0.15, -0.1) is 0 Å². The highest BCUT2D eigenvalue weighted by molar-refractivity contribution is 9.10. The summed E-state index contributed by atoms with van der Waals surface area (Å²) in [4.78, 5) is 29.5. The Balaban J connectivity index is 2.16. The third-order valence-electron chi connectivity index (χ3n) is 3.39. The number of rotatable bonds is 2. The van der Waals surface area contributed by atoms with Crippen LogP contribution in [0.1, 0.15) is 5.56 Å². The molecule has 1 aliphatic heterocycles. The number of nitrogens with zero attached hydrogens (tertiary/aromatic N) is 2. The summed E-state index contributed by atoms with van der Waals surface area (Å²) < 4.78 is 0.808. The SMILES string of the molecule is O=C(O)C1Cc2cccnc2N(c2cccc(Br)c2)C1=O. The molecular weight excluding hydrogens is 336 g/mol. The average molecular weight is 347 g/mol. The molecule has 0 saturated carbocycles. The molecule has 0 aliphatic carbocycles. The molecule has 0 fully saturated rings. The fraction of sp³-hybridized carbons (Fsp3) is 0.133. The molecule has 0 saturated heterocycles. The van der Waals surface area contributed by atoms with E-state index in [1.54, 1.807) is 36.5 Å². The molecule has 21 heavy (non-hydrogen) atoms. The van der Waals surface area contributed by atoms with Crippen LogP contribution in [-0.2, 0) is 16.0 Å². The number of fused-ring (bicyclic) bond motifs is 1. The van der Waals surface area contributed by atoms with E-state index in [0.717, 1.165) is 10.0 Å². The molecule has 1 aromatic heterocycles. The lowest BCUT2D eigenvalue weighted by Crippen LogP contribution is -2.42. The first-order valence-electron chi connectivity index (χ1n) is 6.34. The van der Waals surface area contributed by atoms with Crippen molar-refractivity contribution in [1.82, 2.24) is 4.98 Å². The lowest BCUT2D eigenvalue weighted by molar-refractivity contribution is -0.146. The minimum absolute atomic E-state index is 0.168. The molecule has 0 radical (unpaired) electrons. The molecule has 1 N–H and O–H groups in total. The van der Waals surface area contributed by atoms with Gasteiger partial charge >= 0.3 is 5.97 Å². The number of anilines is 2. The van der Waals surface area contributed by atoms with E-state index in [2.05, 4.69) is 20.9 Å². The van der Waals surface area contributed by atoms with E-state index in [1.807, 2.05) is 6.07 Å². The van der Waals surface area contributed by atoms with Crippen molar-refractivity contribution in [3.8, 4) is 0 Å². The summed E-state index contributed by atoms with van der Waals surface area (Å²) in [6.45, 7) is 0. The second-order valence-corrected chi connectivity index (χ2v) is 5.65. The van der Waals surface area contributed by atoms with Crippen molar-refractivity contribution < 1.29 is 14.7 Å². The van der Waals surface area contributed by atoms with E-state index in [4.69, 9.17) is 0 Å². The molecule has 1 aliphatic rings. The highest BCUT2D eigenvalue weighted by atomic mass is 79.9. The van der Waals surface area contributed by atoms with Crippen LogP contribution < -0.4 is 4.90 Å². The van der Waals surface area contributed by atoms with Gasteiger partial charge in [-0.2, -0.15) is 0 Å². The van der Waals surface area contributed by atoms with Gasteiger partial charge in [0.05, 0.1) is 5.69 Å². The Morgan fingerprint density at radius 2 is 2.14 bits per heavy atom. The summed E-state index contributed by atoms with van der Waals surface area (Å²) in [6, 6.07) is 10.7. The van der Waals surface area contributed by atoms with Gasteiger partial charge < -0.3 is 5.11 Å². The van der Waals surface area contributed by atoms with Crippen molar-refractivity contribution in [3.63, 3.8) is 0 Å². The van der Waals surface area contributed by atoms with E-state index in [1.165, 1.54) is 4.90 Å². The van der Waals surface area contributed by atoms with Crippen LogP contribution in [0.4, 0.5) is 11.5 Å². The van der Waals surface area contributed by atoms with Crippen LogP contribution in [0.2, 0.25) is 0 Å². The average Bonchev–Trinajstić information content (AvgIpc) is 2.46. The summed E-state index contributed by atoms with van der Waals surface area (Å²) in [5, 5.41) is 9.28. The monoisotopic (exact) mass is 346 g/mol. The zero-order valence-electron chi connectivity index (χ0n) is 10.9. The number of carboxylic acid groups (broad SMARTS) is 1. The largest absolute Gasteiger partial charge is 0.481 e. The van der Waals surface area contributed by atoms with Crippen molar-refractivity contribution in [1.29, 1.82) is 0 Å². The summed E-state index contributed by atoms with van der Waals surface area (Å²) in [5.41, 5.74) is 1.35. The fourth-order valence-corrected chi connectivity index (χ4v) is 2.80. The molecular formula is C15H11BrN2O3. The Kier molecular flexibility index (Phi) is 3.47. The van der Waals surface area contributed by atoms with E-state index >= 15 is 0 Å². The Bertz CT molecular complexity index is 732. The number of aromatic nitrogens is 1. The highest BCUT2D eigenvalue weighted by Gasteiger charge is 2.38. The number of aliphatic carboxylic acids is 1. The van der Waals surface area contributed by atoms with Gasteiger partial charge in [0.25, 0.3) is 0 Å². The first kappa shape index (κ1) is 13.8. The Labute approximate surface area is 129 Å². The van der Waals surface area contributed by atoms with Crippen molar-refractivity contribution in [2.75, 3.05) is 4.90 Å². The van der Waals surface area contributed by atoms with Crippen LogP contribution in [0.3, 0.4) is 0 Å². The number of amides is 1. The molecule has 2 aromatic rings. The third-order valence-corrected chi connectivity index (χ3v) is 3.88. The van der Waals surface area contributed by atoms with E-state index in [9.17, 15) is 14.7 Å². The van der Waals surface area contributed by atoms with Crippen LogP contribution in [0, 0.1) is 5.92 Å². The van der Waals surface area contributed by atoms with Crippen molar-refractivity contribution in [3.05, 3.63) is 52.6 Å². The van der Waals surface area contributed by atoms with Crippen molar-refractivity contribution in [2.24, 2.45) is 5.92 Å². The van der Waals surface area contributed by atoms with Gasteiger partial charge in [-0.1, -0.05) is 28.1 Å². The number of carbonyl (C=O) groups excluding carboxylic acids is 1. The van der Waals surface area contributed by atoms with Gasteiger partial charge in [0.15, 0.2) is 0 Å². The molecule has 1 aromatic carbocycles. The summed E-state index contributed by atoms with van der Waals surface area (Å²) >= 11 is 3.36. The van der Waals surface area contributed by atoms with Gasteiger partial charge in [-0.25, -0.2) is 4.98 Å². The molecule has 1 amide bonds. The Morgan fingerprint density at radius 1 is 1.33 bits per heavy atom. The van der Waals surface area contributed by atoms with Crippen molar-refractivity contribution in [2.45, 2.75) is 6.42 Å². The predicted molar refractivity (Wildman–Crippen MR) is 80.4 cm³/mol. The second kappa shape index (κ2) is 5.29. The number of carbonyl (C=O) groups is 2. The van der Waals surface area contributed by atoms with Crippen LogP contribution in [-0.4, -0.2) is 22.0 Å². The quantitative estimate of drug-likeness (QED) is 0.848. The summed E-state index contributed by atoms with van der Waals surface area (Å²) in [6.07, 6.45) is 1.76. The summed E-state index contributed by atoms with van der Waals surface area (Å²) in [7, 11) is 0. The molecule has 3 rings (SSSR count). The smallest absolute Gasteiger partial charge is 0.316 e. The van der Waals surface area contributed by atoms with E-state index in [0.29, 0.717) is 11.5 Å². The molecule has 1 atom stereocenters. The first-order valence-corrected chi connectivity index (χ1v) is 7.13. The van der Waals surface area contributed by atoms with Gasteiger partial charge in [-0.3, -0.25) is 14.5 Å². The zero-order chi connectivity index (χ0) is 15.0. The van der Waals surface area contributed by atoms with E-state index < -0.39 is 17.8 Å². The topological polar surface area (TPSA) is 70.5 Å². The Hall–Kier alpha value is -2.21. The lowest BCUT2D eigenvalue weighted by atomic mass is 9.93. The Morgan fingerprint density at radius 3 is 2.86 bits per heavy atom. The third kappa shape index (κ3) is 2.42. The maximum absolute atomic E-state index is 12.5. The molecule has 1 unspecified atom stereocenters. The van der Waals surface area contributed by atoms with Crippen LogP contribution in [0.15, 0.2) is 47.1 Å². The maximum atomic E-state index is 12.5. The van der Waals surface area contributed by atoms with Gasteiger partial charge in [0.1, 0.15) is 11.7 Å². The molecule has 6 heteroatoms. The van der Waals surface area contributed by atoms with Crippen LogP contribution in [0.5, 0.6) is 0 Å². The molecule has 5 nitrogen and oxygen atoms in total. The second-order valence-electron chi connectivity index (χ2n) is 4.73. The number of benzene rings is 1. The summed E-state index contributed by atoms with van der Waals surface area (Å²) in [5.74, 6) is -2.17. The number of hydrogen-bond acceptors (Lipinski definition) is 3. The molecule has 0 spiro atoms. The number of carboxylic acids is 1. The first-order chi connectivity index (χ1) is 10.1. The van der Waals surface area contributed by atoms with Crippen molar-refractivity contribution >= 4 is 39.3 Å². The minimum atomic E-state index is -1.12. The van der Waals surface area contributed by atoms with Crippen LogP contribution in [0.25, 0.3) is 0 Å². The fourth-order valence-electron chi connectivity index (χ4n) is 2.42. The molecule has 106 valence electrons. The zero-order valence-corrected chi connectivity index (χ0v) is 12.4. The van der Waals surface area contributed by atoms with Crippen LogP contribution >= 0.6 is 15.9 Å². The lowest BCUT2D eigenvalue weighted by Gasteiger charge is -2.31. The number of pyridine rings is 1. The number of hydrogen-bond donors (Lipinski definition) is 1. The van der Waals surface area contributed by atoms with Gasteiger partial charge in [0.2, 0.25) is 5.91 Å². The number of halogens is 1. The maximum Gasteiger partial charge on any atom is 0.316 e. The van der Waals surface area contributed by atoms with E-state index in [-0.39, 0.29) is 6.42 Å². The van der Waals surface area contributed by atoms with Gasteiger partial charge in [0, 0.05) is 10.7 Å². The normalized spacial score (nSPS) is 17.5. The highest BCUT2D eigenvalue weighted by Crippen LogP contribution is 2.35. The molecule has 2 heterocycles. The predicted octanol–water partition coefficient (Wildman–Crippen LogP) is 2.77. The van der Waals surface area contributed by atoms with Gasteiger partial charge in [-0.05, 0) is 36.2 Å². The minimum Gasteiger partial charge on any atom is -0.481 e. The standard InChI is InChI=1S/C15H11BrN2O3/c16-10-4-1-5-11(8-10)18-13-9(3-2-6-17-13)7-12(14(18)19)15(20)21/h1-6,8,12H,7H2,(H,20,21).